The van der Waals surface area contributed by atoms with Crippen molar-refractivity contribution in [2.45, 2.75) is 43.7 Å². The third-order valence-corrected chi connectivity index (χ3v) is 5.37. The van der Waals surface area contributed by atoms with Crippen molar-refractivity contribution in [3.63, 3.8) is 0 Å². The predicted molar refractivity (Wildman–Crippen MR) is 84.4 cm³/mol. The first-order valence-corrected chi connectivity index (χ1v) is 9.03. The Morgan fingerprint density at radius 1 is 1.29 bits per heavy atom. The van der Waals surface area contributed by atoms with Crippen LogP contribution in [0, 0.1) is 0 Å². The molecule has 6 heteroatoms. The molecule has 0 bridgehead atoms. The number of benzene rings is 1. The van der Waals surface area contributed by atoms with Crippen LogP contribution >= 0.6 is 0 Å². The Morgan fingerprint density at radius 3 is 2.67 bits per heavy atom. The molecule has 1 unspecified atom stereocenters. The third-order valence-electron chi connectivity index (χ3n) is 3.78. The van der Waals surface area contributed by atoms with E-state index in [-0.39, 0.29) is 10.9 Å². The van der Waals surface area contributed by atoms with Gasteiger partial charge in [0.2, 0.25) is 10.0 Å². The van der Waals surface area contributed by atoms with E-state index in [2.05, 4.69) is 9.62 Å². The molecule has 1 aromatic rings. The van der Waals surface area contributed by atoms with Crippen LogP contribution in [0.5, 0.6) is 0 Å². The minimum absolute atomic E-state index is 0.102. The fourth-order valence-corrected chi connectivity index (χ4v) is 4.04. The van der Waals surface area contributed by atoms with E-state index in [0.29, 0.717) is 6.54 Å². The van der Waals surface area contributed by atoms with Gasteiger partial charge in [-0.15, -0.1) is 0 Å². The van der Waals surface area contributed by atoms with Crippen molar-refractivity contribution < 1.29 is 8.42 Å². The Hall–Kier alpha value is -0.950. The number of nitrogens with one attached hydrogen (secondary N) is 1. The number of rotatable bonds is 6. The van der Waals surface area contributed by atoms with Crippen LogP contribution in [0.15, 0.2) is 29.2 Å². The molecule has 0 spiro atoms. The fraction of sp³-hybridized carbons (Fsp3) is 0.600. The molecule has 5 nitrogen and oxygen atoms in total. The molecule has 1 fully saturated rings. The van der Waals surface area contributed by atoms with Gasteiger partial charge >= 0.3 is 0 Å². The van der Waals surface area contributed by atoms with Crippen LogP contribution < -0.4 is 10.5 Å². The number of piperidine rings is 1. The summed E-state index contributed by atoms with van der Waals surface area (Å²) in [4.78, 5) is 2.61. The molecule has 1 aromatic carbocycles. The van der Waals surface area contributed by atoms with E-state index >= 15 is 0 Å². The van der Waals surface area contributed by atoms with Crippen LogP contribution in [-0.4, -0.2) is 39.0 Å². The molecular weight excluding hydrogens is 286 g/mol. The zero-order chi connectivity index (χ0) is 15.3. The van der Waals surface area contributed by atoms with Gasteiger partial charge in [0.15, 0.2) is 0 Å². The van der Waals surface area contributed by atoms with Gasteiger partial charge in [-0.3, -0.25) is 0 Å². The molecule has 3 N–H and O–H groups in total. The summed E-state index contributed by atoms with van der Waals surface area (Å²) in [5.41, 5.74) is 6.39. The number of nitrogens with two attached hydrogens (primary N) is 1. The van der Waals surface area contributed by atoms with Gasteiger partial charge < -0.3 is 10.6 Å². The summed E-state index contributed by atoms with van der Waals surface area (Å²) in [6.45, 7) is 5.14. The molecular formula is C15H25N3O2S. The van der Waals surface area contributed by atoms with Crippen molar-refractivity contribution in [2.24, 2.45) is 5.73 Å². The number of hydrogen-bond acceptors (Lipinski definition) is 4. The number of sulfonamides is 1. The lowest BCUT2D eigenvalue weighted by Gasteiger charge is -2.29. The van der Waals surface area contributed by atoms with Crippen LogP contribution in [0.1, 0.15) is 31.7 Å². The lowest BCUT2D eigenvalue weighted by molar-refractivity contribution is 0.215. The van der Waals surface area contributed by atoms with Crippen molar-refractivity contribution >= 4 is 10.0 Å². The van der Waals surface area contributed by atoms with Crippen molar-refractivity contribution in [3.8, 4) is 0 Å². The first-order valence-electron chi connectivity index (χ1n) is 7.55. The van der Waals surface area contributed by atoms with E-state index < -0.39 is 10.0 Å². The fourth-order valence-electron chi connectivity index (χ4n) is 2.74. The average Bonchev–Trinajstić information content (AvgIpc) is 2.47. The van der Waals surface area contributed by atoms with Crippen LogP contribution in [-0.2, 0) is 16.6 Å². The van der Waals surface area contributed by atoms with Crippen LogP contribution in [0.4, 0.5) is 0 Å². The highest BCUT2D eigenvalue weighted by Crippen LogP contribution is 2.13. The Balaban J connectivity index is 1.98. The number of hydrogen-bond donors (Lipinski definition) is 2. The highest BCUT2D eigenvalue weighted by Gasteiger charge is 2.20. The summed E-state index contributed by atoms with van der Waals surface area (Å²) in [6, 6.07) is 6.70. The van der Waals surface area contributed by atoms with E-state index in [1.54, 1.807) is 18.2 Å². The van der Waals surface area contributed by atoms with Crippen molar-refractivity contribution in [3.05, 3.63) is 29.8 Å². The number of nitrogens with zero attached hydrogens (tertiary/aromatic N) is 1. The molecule has 0 saturated carbocycles. The van der Waals surface area contributed by atoms with E-state index in [1.807, 2.05) is 13.0 Å². The van der Waals surface area contributed by atoms with Gasteiger partial charge in [-0.25, -0.2) is 13.1 Å². The molecule has 0 amide bonds. The molecule has 1 aliphatic rings. The zero-order valence-electron chi connectivity index (χ0n) is 12.6. The van der Waals surface area contributed by atoms with Gasteiger partial charge in [-0.2, -0.15) is 0 Å². The van der Waals surface area contributed by atoms with Crippen molar-refractivity contribution in [1.82, 2.24) is 9.62 Å². The molecule has 118 valence electrons. The first-order chi connectivity index (χ1) is 10.0. The summed E-state index contributed by atoms with van der Waals surface area (Å²) >= 11 is 0. The maximum absolute atomic E-state index is 12.4. The predicted octanol–water partition coefficient (Wildman–Crippen LogP) is 1.30. The largest absolute Gasteiger partial charge is 0.326 e. The lowest BCUT2D eigenvalue weighted by Crippen LogP contribution is -2.43. The second-order valence-corrected chi connectivity index (χ2v) is 7.45. The minimum atomic E-state index is -3.48. The maximum Gasteiger partial charge on any atom is 0.240 e. The van der Waals surface area contributed by atoms with E-state index in [1.165, 1.54) is 19.3 Å². The monoisotopic (exact) mass is 311 g/mol. The summed E-state index contributed by atoms with van der Waals surface area (Å²) < 4.78 is 27.5. The lowest BCUT2D eigenvalue weighted by atomic mass is 10.1. The third kappa shape index (κ3) is 4.78. The topological polar surface area (TPSA) is 75.4 Å². The Labute approximate surface area is 127 Å². The standard InChI is InChI=1S/C15H25N3O2S/c1-13(12-18-8-3-2-4-9-18)17-21(19,20)15-7-5-6-14(10-15)11-16/h5-7,10,13,17H,2-4,8-9,11-12,16H2,1H3. The van der Waals surface area contributed by atoms with Crippen LogP contribution in [0.25, 0.3) is 0 Å². The maximum atomic E-state index is 12.4. The van der Waals surface area contributed by atoms with Gasteiger partial charge in [0.1, 0.15) is 0 Å². The quantitative estimate of drug-likeness (QED) is 0.830. The Bertz CT molecular complexity index is 554. The highest BCUT2D eigenvalue weighted by molar-refractivity contribution is 7.89. The molecule has 1 heterocycles. The molecule has 1 atom stereocenters. The van der Waals surface area contributed by atoms with Gasteiger partial charge in [0.25, 0.3) is 0 Å². The molecule has 21 heavy (non-hydrogen) atoms. The van der Waals surface area contributed by atoms with Gasteiger partial charge in [-0.05, 0) is 50.6 Å². The normalized spacial score (nSPS) is 18.6. The van der Waals surface area contributed by atoms with E-state index in [0.717, 1.165) is 25.2 Å². The zero-order valence-corrected chi connectivity index (χ0v) is 13.4. The summed E-state index contributed by atoms with van der Waals surface area (Å²) in [5, 5.41) is 0. The molecule has 1 saturated heterocycles. The molecule has 1 aliphatic heterocycles. The van der Waals surface area contributed by atoms with Gasteiger partial charge in [-0.1, -0.05) is 18.6 Å². The van der Waals surface area contributed by atoms with Gasteiger partial charge in [0, 0.05) is 19.1 Å². The summed E-state index contributed by atoms with van der Waals surface area (Å²) in [7, 11) is -3.48. The SMILES string of the molecule is CC(CN1CCCCC1)NS(=O)(=O)c1cccc(CN)c1. The molecule has 0 radical (unpaired) electrons. The Morgan fingerprint density at radius 2 is 2.00 bits per heavy atom. The minimum Gasteiger partial charge on any atom is -0.326 e. The van der Waals surface area contributed by atoms with Gasteiger partial charge in [0.05, 0.1) is 4.90 Å². The average molecular weight is 311 g/mol. The van der Waals surface area contributed by atoms with E-state index in [9.17, 15) is 8.42 Å². The summed E-state index contributed by atoms with van der Waals surface area (Å²) in [5.74, 6) is 0. The van der Waals surface area contributed by atoms with E-state index in [4.69, 9.17) is 5.73 Å². The molecule has 0 aliphatic carbocycles. The molecule has 2 rings (SSSR count). The summed E-state index contributed by atoms with van der Waals surface area (Å²) in [6.07, 6.45) is 3.69. The molecule has 0 aromatic heterocycles. The van der Waals surface area contributed by atoms with Crippen LogP contribution in [0.3, 0.4) is 0 Å². The first kappa shape index (κ1) is 16.4. The second kappa shape index (κ2) is 7.35. The Kier molecular flexibility index (Phi) is 5.75. The number of likely N-dealkylation sites (tertiary alicyclic amines) is 1. The highest BCUT2D eigenvalue weighted by atomic mass is 32.2. The smallest absolute Gasteiger partial charge is 0.240 e. The van der Waals surface area contributed by atoms with Crippen molar-refractivity contribution in [1.29, 1.82) is 0 Å². The van der Waals surface area contributed by atoms with Crippen LogP contribution in [0.2, 0.25) is 0 Å². The second-order valence-electron chi connectivity index (χ2n) is 5.74. The van der Waals surface area contributed by atoms with Crippen molar-refractivity contribution in [2.75, 3.05) is 19.6 Å².